The van der Waals surface area contributed by atoms with Gasteiger partial charge in [-0.3, -0.25) is 9.59 Å². The van der Waals surface area contributed by atoms with Gasteiger partial charge in [0.05, 0.1) is 16.3 Å². The largest absolute Gasteiger partial charge is 0.352 e. The van der Waals surface area contributed by atoms with Gasteiger partial charge in [0.1, 0.15) is 0 Å². The van der Waals surface area contributed by atoms with E-state index in [1.165, 1.54) is 16.1 Å². The normalized spacial score (nSPS) is 17.8. The number of hydrogen-bond donors (Lipinski definition) is 2. The Morgan fingerprint density at radius 3 is 2.60 bits per heavy atom. The molecule has 2 aromatic carbocycles. The number of amides is 2. The first-order chi connectivity index (χ1) is 14.4. The summed E-state index contributed by atoms with van der Waals surface area (Å²) in [5.41, 5.74) is 1.17. The molecule has 0 bridgehead atoms. The van der Waals surface area contributed by atoms with Crippen molar-refractivity contribution in [2.45, 2.75) is 22.6 Å². The minimum absolute atomic E-state index is 0.0673. The molecule has 30 heavy (non-hydrogen) atoms. The van der Waals surface area contributed by atoms with Gasteiger partial charge in [0, 0.05) is 30.1 Å². The Morgan fingerprint density at radius 2 is 1.87 bits per heavy atom. The first-order valence-corrected chi connectivity index (χ1v) is 12.3. The predicted molar refractivity (Wildman–Crippen MR) is 116 cm³/mol. The summed E-state index contributed by atoms with van der Waals surface area (Å²) in [4.78, 5) is 25.3. The van der Waals surface area contributed by atoms with Crippen molar-refractivity contribution in [3.8, 4) is 0 Å². The zero-order chi connectivity index (χ0) is 21.1. The van der Waals surface area contributed by atoms with Crippen LogP contribution in [0.15, 0.2) is 58.3 Å². The summed E-state index contributed by atoms with van der Waals surface area (Å²) < 4.78 is 26.9. The van der Waals surface area contributed by atoms with E-state index in [0.717, 1.165) is 4.90 Å². The minimum Gasteiger partial charge on any atom is -0.352 e. The molecule has 1 fully saturated rings. The maximum absolute atomic E-state index is 12.7. The van der Waals surface area contributed by atoms with Gasteiger partial charge in [0.25, 0.3) is 5.91 Å². The highest BCUT2D eigenvalue weighted by Crippen LogP contribution is 2.32. The molecule has 1 saturated heterocycles. The molecule has 2 heterocycles. The summed E-state index contributed by atoms with van der Waals surface area (Å²) in [6, 6.07) is 13.8. The number of hydrogen-bond acceptors (Lipinski definition) is 5. The lowest BCUT2D eigenvalue weighted by Gasteiger charge is -2.31. The number of anilines is 1. The van der Waals surface area contributed by atoms with Gasteiger partial charge in [-0.1, -0.05) is 18.2 Å². The summed E-state index contributed by atoms with van der Waals surface area (Å²) in [7, 11) is -3.46. The molecule has 0 radical (unpaired) electrons. The standard InChI is InChI=1S/C21H23N3O4S2/c25-20-14-29-19-7-6-16(12-18(19)23-20)21(26)22-13-15-8-10-24(11-9-15)30(27,28)17-4-2-1-3-5-17/h1-7,12,15H,8-11,13-14H2,(H,22,26)(H,23,25). The Balaban J connectivity index is 1.30. The molecule has 2 aliphatic rings. The summed E-state index contributed by atoms with van der Waals surface area (Å²) in [6.45, 7) is 1.38. The number of carbonyl (C=O) groups excluding carboxylic acids is 2. The topological polar surface area (TPSA) is 95.6 Å². The molecule has 0 saturated carbocycles. The van der Waals surface area contributed by atoms with E-state index in [0.29, 0.717) is 54.4 Å². The number of benzene rings is 2. The number of thioether (sulfide) groups is 1. The van der Waals surface area contributed by atoms with E-state index in [1.54, 1.807) is 42.5 Å². The van der Waals surface area contributed by atoms with Crippen LogP contribution < -0.4 is 10.6 Å². The van der Waals surface area contributed by atoms with E-state index in [-0.39, 0.29) is 17.7 Å². The molecular formula is C21H23N3O4S2. The van der Waals surface area contributed by atoms with Gasteiger partial charge < -0.3 is 10.6 Å². The van der Waals surface area contributed by atoms with Crippen LogP contribution in [0, 0.1) is 5.92 Å². The van der Waals surface area contributed by atoms with Gasteiger partial charge in [-0.05, 0) is 49.1 Å². The molecule has 2 aliphatic heterocycles. The second-order valence-corrected chi connectivity index (χ2v) is 10.4. The summed E-state index contributed by atoms with van der Waals surface area (Å²) >= 11 is 1.46. The predicted octanol–water partition coefficient (Wildman–Crippen LogP) is 2.56. The Labute approximate surface area is 180 Å². The third-order valence-corrected chi connectivity index (χ3v) is 8.37. The molecule has 2 amide bonds. The van der Waals surface area contributed by atoms with Gasteiger partial charge in [-0.15, -0.1) is 11.8 Å². The quantitative estimate of drug-likeness (QED) is 0.738. The van der Waals surface area contributed by atoms with E-state index in [1.807, 2.05) is 6.07 Å². The number of rotatable bonds is 5. The first-order valence-electron chi connectivity index (χ1n) is 9.83. The van der Waals surface area contributed by atoms with Crippen molar-refractivity contribution in [2.24, 2.45) is 5.92 Å². The van der Waals surface area contributed by atoms with Crippen molar-refractivity contribution in [3.05, 3.63) is 54.1 Å². The third kappa shape index (κ3) is 4.53. The number of nitrogens with one attached hydrogen (secondary N) is 2. The first kappa shape index (κ1) is 20.9. The lowest BCUT2D eigenvalue weighted by molar-refractivity contribution is -0.113. The second-order valence-electron chi connectivity index (χ2n) is 7.42. The maximum Gasteiger partial charge on any atom is 0.251 e. The third-order valence-electron chi connectivity index (χ3n) is 5.38. The SMILES string of the molecule is O=C1CSc2ccc(C(=O)NCC3CCN(S(=O)(=O)c4ccccc4)CC3)cc2N1. The highest BCUT2D eigenvalue weighted by atomic mass is 32.2. The van der Waals surface area contributed by atoms with Crippen LogP contribution in [-0.2, 0) is 14.8 Å². The van der Waals surface area contributed by atoms with Crippen molar-refractivity contribution in [3.63, 3.8) is 0 Å². The lowest BCUT2D eigenvalue weighted by Crippen LogP contribution is -2.41. The average molecular weight is 446 g/mol. The smallest absolute Gasteiger partial charge is 0.251 e. The summed E-state index contributed by atoms with van der Waals surface area (Å²) in [5, 5.41) is 5.74. The molecule has 9 heteroatoms. The van der Waals surface area contributed by atoms with Crippen LogP contribution in [0.3, 0.4) is 0 Å². The number of carbonyl (C=O) groups is 2. The maximum atomic E-state index is 12.7. The van der Waals surface area contributed by atoms with Crippen molar-refractivity contribution in [2.75, 3.05) is 30.7 Å². The van der Waals surface area contributed by atoms with Gasteiger partial charge in [0.15, 0.2) is 0 Å². The molecule has 0 spiro atoms. The number of nitrogens with zero attached hydrogens (tertiary/aromatic N) is 1. The van der Waals surface area contributed by atoms with Gasteiger partial charge >= 0.3 is 0 Å². The second kappa shape index (κ2) is 8.79. The van der Waals surface area contributed by atoms with Gasteiger partial charge in [-0.2, -0.15) is 4.31 Å². The molecule has 4 rings (SSSR count). The fourth-order valence-electron chi connectivity index (χ4n) is 3.66. The van der Waals surface area contributed by atoms with Gasteiger partial charge in [0.2, 0.25) is 15.9 Å². The van der Waals surface area contributed by atoms with E-state index >= 15 is 0 Å². The molecular weight excluding hydrogens is 422 g/mol. The van der Waals surface area contributed by atoms with Crippen LogP contribution in [0.2, 0.25) is 0 Å². The van der Waals surface area contributed by atoms with Crippen LogP contribution in [0.1, 0.15) is 23.2 Å². The molecule has 0 atom stereocenters. The van der Waals surface area contributed by atoms with Crippen LogP contribution in [0.4, 0.5) is 5.69 Å². The number of sulfonamides is 1. The highest BCUT2D eigenvalue weighted by Gasteiger charge is 2.29. The molecule has 7 nitrogen and oxygen atoms in total. The highest BCUT2D eigenvalue weighted by molar-refractivity contribution is 8.00. The molecule has 0 aliphatic carbocycles. The molecule has 0 unspecified atom stereocenters. The van der Waals surface area contributed by atoms with Crippen molar-refractivity contribution >= 4 is 39.3 Å². The van der Waals surface area contributed by atoms with Gasteiger partial charge in [-0.25, -0.2) is 8.42 Å². The monoisotopic (exact) mass is 445 g/mol. The Bertz CT molecular complexity index is 1050. The van der Waals surface area contributed by atoms with E-state index in [4.69, 9.17) is 0 Å². The van der Waals surface area contributed by atoms with E-state index < -0.39 is 10.0 Å². The van der Waals surface area contributed by atoms with Crippen LogP contribution in [0.25, 0.3) is 0 Å². The lowest BCUT2D eigenvalue weighted by atomic mass is 9.98. The number of fused-ring (bicyclic) bond motifs is 1. The molecule has 2 aromatic rings. The zero-order valence-corrected chi connectivity index (χ0v) is 18.0. The van der Waals surface area contributed by atoms with Crippen molar-refractivity contribution < 1.29 is 18.0 Å². The molecule has 2 N–H and O–H groups in total. The Kier molecular flexibility index (Phi) is 6.12. The molecule has 0 aromatic heterocycles. The van der Waals surface area contributed by atoms with E-state index in [9.17, 15) is 18.0 Å². The number of piperidine rings is 1. The average Bonchev–Trinajstić information content (AvgIpc) is 2.77. The summed E-state index contributed by atoms with van der Waals surface area (Å²) in [5.74, 6) is 0.352. The van der Waals surface area contributed by atoms with E-state index in [2.05, 4.69) is 10.6 Å². The molecule has 158 valence electrons. The fourth-order valence-corrected chi connectivity index (χ4v) is 5.94. The van der Waals surface area contributed by atoms with Crippen LogP contribution in [-0.4, -0.2) is 49.9 Å². The minimum atomic E-state index is -3.46. The van der Waals surface area contributed by atoms with Crippen LogP contribution >= 0.6 is 11.8 Å². The Hall–Kier alpha value is -2.36. The van der Waals surface area contributed by atoms with Crippen molar-refractivity contribution in [1.82, 2.24) is 9.62 Å². The zero-order valence-electron chi connectivity index (χ0n) is 16.3. The Morgan fingerprint density at radius 1 is 1.13 bits per heavy atom. The fraction of sp³-hybridized carbons (Fsp3) is 0.333. The summed E-state index contributed by atoms with van der Waals surface area (Å²) in [6.07, 6.45) is 1.40. The van der Waals surface area contributed by atoms with Crippen molar-refractivity contribution in [1.29, 1.82) is 0 Å². The van der Waals surface area contributed by atoms with Crippen LogP contribution in [0.5, 0.6) is 0 Å².